The van der Waals surface area contributed by atoms with Crippen molar-refractivity contribution >= 4 is 5.95 Å². The second-order valence-corrected chi connectivity index (χ2v) is 6.86. The van der Waals surface area contributed by atoms with Gasteiger partial charge in [0.15, 0.2) is 0 Å². The van der Waals surface area contributed by atoms with Gasteiger partial charge in [0, 0.05) is 12.4 Å². The van der Waals surface area contributed by atoms with Gasteiger partial charge in [-0.25, -0.2) is 4.98 Å². The molecule has 3 rings (SSSR count). The van der Waals surface area contributed by atoms with Gasteiger partial charge in [0.05, 0.1) is 11.1 Å². The fourth-order valence-electron chi connectivity index (χ4n) is 3.69. The third-order valence-electron chi connectivity index (χ3n) is 4.89. The molecule has 3 N–H and O–H groups in total. The number of halogens is 6. The summed E-state index contributed by atoms with van der Waals surface area (Å²) in [6, 6.07) is 3.14. The SMILES string of the molecule is CC(C)C1(c2cc(C(F)(F)F)cc(C(F)(F)F)c2)C(C#N)=C(N)Nc2nccn21. The monoisotopic (exact) mass is 415 g/mol. The number of nitrogens with zero attached hydrogens (tertiary/aromatic N) is 3. The highest BCUT2D eigenvalue weighted by Crippen LogP contribution is 2.48. The first-order valence-electron chi connectivity index (χ1n) is 8.34. The van der Waals surface area contributed by atoms with E-state index in [0.29, 0.717) is 12.1 Å². The van der Waals surface area contributed by atoms with Crippen molar-refractivity contribution in [2.24, 2.45) is 11.7 Å². The van der Waals surface area contributed by atoms with E-state index in [0.717, 1.165) is 0 Å². The van der Waals surface area contributed by atoms with E-state index in [2.05, 4.69) is 10.3 Å². The van der Waals surface area contributed by atoms with Crippen molar-refractivity contribution in [1.29, 1.82) is 5.26 Å². The molecule has 0 aliphatic carbocycles. The number of benzene rings is 1. The van der Waals surface area contributed by atoms with Crippen LogP contribution in [-0.2, 0) is 17.9 Å². The molecule has 1 atom stereocenters. The Morgan fingerprint density at radius 3 is 2.10 bits per heavy atom. The van der Waals surface area contributed by atoms with Crippen LogP contribution in [0.2, 0.25) is 0 Å². The molecule has 0 radical (unpaired) electrons. The Labute approximate surface area is 161 Å². The second-order valence-electron chi connectivity index (χ2n) is 6.86. The predicted octanol–water partition coefficient (Wildman–Crippen LogP) is 4.44. The molecule has 0 amide bonds. The summed E-state index contributed by atoms with van der Waals surface area (Å²) < 4.78 is 81.9. The molecule has 11 heteroatoms. The maximum Gasteiger partial charge on any atom is 0.416 e. The zero-order valence-corrected chi connectivity index (χ0v) is 15.2. The van der Waals surface area contributed by atoms with E-state index in [1.54, 1.807) is 13.8 Å². The molecule has 0 saturated heterocycles. The molecule has 5 nitrogen and oxygen atoms in total. The van der Waals surface area contributed by atoms with E-state index in [4.69, 9.17) is 5.73 Å². The van der Waals surface area contributed by atoms with Crippen LogP contribution >= 0.6 is 0 Å². The van der Waals surface area contributed by atoms with Crippen molar-refractivity contribution in [2.75, 3.05) is 5.32 Å². The lowest BCUT2D eigenvalue weighted by atomic mass is 9.72. The summed E-state index contributed by atoms with van der Waals surface area (Å²) in [6.45, 7) is 3.15. The Morgan fingerprint density at radius 2 is 1.66 bits per heavy atom. The van der Waals surface area contributed by atoms with Crippen LogP contribution in [0, 0.1) is 17.2 Å². The van der Waals surface area contributed by atoms with Crippen LogP contribution in [0.4, 0.5) is 32.3 Å². The van der Waals surface area contributed by atoms with Gasteiger partial charge in [0.25, 0.3) is 0 Å². The predicted molar refractivity (Wildman–Crippen MR) is 91.0 cm³/mol. The van der Waals surface area contributed by atoms with Crippen molar-refractivity contribution < 1.29 is 26.3 Å². The first kappa shape index (κ1) is 20.6. The number of aromatic nitrogens is 2. The summed E-state index contributed by atoms with van der Waals surface area (Å²) in [5.41, 5.74) is 0.669. The van der Waals surface area contributed by atoms with Gasteiger partial charge in [-0.15, -0.1) is 0 Å². The van der Waals surface area contributed by atoms with Crippen LogP contribution in [0.25, 0.3) is 0 Å². The Bertz CT molecular complexity index is 992. The first-order chi connectivity index (χ1) is 13.3. The minimum atomic E-state index is -5.03. The largest absolute Gasteiger partial charge is 0.416 e. The minimum absolute atomic E-state index is 0.0482. The number of fused-ring (bicyclic) bond motifs is 1. The Morgan fingerprint density at radius 1 is 1.10 bits per heavy atom. The van der Waals surface area contributed by atoms with E-state index in [1.165, 1.54) is 17.0 Å². The summed E-state index contributed by atoms with van der Waals surface area (Å²) in [7, 11) is 0. The number of anilines is 1. The van der Waals surface area contributed by atoms with Crippen LogP contribution in [0.5, 0.6) is 0 Å². The number of hydrogen-bond donors (Lipinski definition) is 2. The number of rotatable bonds is 2. The normalized spacial score (nSPS) is 19.7. The Balaban J connectivity index is 2.48. The topological polar surface area (TPSA) is 79.7 Å². The number of alkyl halides is 6. The van der Waals surface area contributed by atoms with Gasteiger partial charge in [-0.2, -0.15) is 31.6 Å². The number of nitrogens with one attached hydrogen (secondary N) is 1. The number of nitriles is 1. The molecule has 1 aromatic carbocycles. The first-order valence-corrected chi connectivity index (χ1v) is 8.34. The highest BCUT2D eigenvalue weighted by Gasteiger charge is 2.49. The van der Waals surface area contributed by atoms with E-state index < -0.39 is 34.9 Å². The maximum absolute atomic E-state index is 13.4. The van der Waals surface area contributed by atoms with Gasteiger partial charge in [0.2, 0.25) is 5.95 Å². The lowest BCUT2D eigenvalue weighted by Crippen LogP contribution is -2.47. The average molecular weight is 415 g/mol. The van der Waals surface area contributed by atoms with Crippen LogP contribution in [0.1, 0.15) is 30.5 Å². The van der Waals surface area contributed by atoms with Crippen LogP contribution in [-0.4, -0.2) is 9.55 Å². The van der Waals surface area contributed by atoms with Crippen molar-refractivity contribution in [3.8, 4) is 6.07 Å². The Hall–Kier alpha value is -3.16. The lowest BCUT2D eigenvalue weighted by Gasteiger charge is -2.43. The molecule has 154 valence electrons. The van der Waals surface area contributed by atoms with Gasteiger partial charge in [-0.05, 0) is 29.7 Å². The van der Waals surface area contributed by atoms with Crippen molar-refractivity contribution in [2.45, 2.75) is 31.7 Å². The molecule has 1 aliphatic rings. The smallest absolute Gasteiger partial charge is 0.384 e. The van der Waals surface area contributed by atoms with Crippen LogP contribution in [0.3, 0.4) is 0 Å². The molecular weight excluding hydrogens is 400 g/mol. The minimum Gasteiger partial charge on any atom is -0.384 e. The van der Waals surface area contributed by atoms with Crippen molar-refractivity contribution in [3.05, 3.63) is 58.7 Å². The molecule has 0 spiro atoms. The fraction of sp³-hybridized carbons (Fsp3) is 0.333. The van der Waals surface area contributed by atoms with E-state index in [1.807, 2.05) is 6.07 Å². The molecule has 29 heavy (non-hydrogen) atoms. The summed E-state index contributed by atoms with van der Waals surface area (Å²) in [5.74, 6) is -0.748. The van der Waals surface area contributed by atoms with Crippen LogP contribution in [0.15, 0.2) is 42.0 Å². The lowest BCUT2D eigenvalue weighted by molar-refractivity contribution is -0.143. The van der Waals surface area contributed by atoms with Crippen LogP contribution < -0.4 is 11.1 Å². The van der Waals surface area contributed by atoms with E-state index in [-0.39, 0.29) is 29.0 Å². The molecule has 1 aromatic heterocycles. The highest BCUT2D eigenvalue weighted by atomic mass is 19.4. The van der Waals surface area contributed by atoms with E-state index >= 15 is 0 Å². The molecule has 0 fully saturated rings. The fourth-order valence-corrected chi connectivity index (χ4v) is 3.69. The molecule has 0 bridgehead atoms. The third-order valence-corrected chi connectivity index (χ3v) is 4.89. The van der Waals surface area contributed by atoms with Gasteiger partial charge >= 0.3 is 12.4 Å². The summed E-state index contributed by atoms with van der Waals surface area (Å²) in [6.07, 6.45) is -7.37. The zero-order valence-electron chi connectivity index (χ0n) is 15.2. The Kier molecular flexibility index (Phi) is 4.56. The quantitative estimate of drug-likeness (QED) is 0.711. The molecule has 0 saturated carbocycles. The summed E-state index contributed by atoms with van der Waals surface area (Å²) >= 11 is 0. The molecule has 2 heterocycles. The maximum atomic E-state index is 13.4. The second kappa shape index (κ2) is 6.43. The van der Waals surface area contributed by atoms with Crippen molar-refractivity contribution in [1.82, 2.24) is 9.55 Å². The summed E-state index contributed by atoms with van der Waals surface area (Å²) in [4.78, 5) is 4.01. The molecule has 1 aliphatic heterocycles. The highest BCUT2D eigenvalue weighted by molar-refractivity contribution is 5.58. The van der Waals surface area contributed by atoms with Crippen molar-refractivity contribution in [3.63, 3.8) is 0 Å². The standard InChI is InChI=1S/C18H15F6N5/c1-9(2)16(13(8-25)14(26)28-15-27-3-4-29(15)16)10-5-11(17(19,20)21)7-12(6-10)18(22,23)24/h3-7,9H,26H2,1-2H3,(H,27,28). The molecule has 2 aromatic rings. The van der Waals surface area contributed by atoms with Gasteiger partial charge in [0.1, 0.15) is 23.0 Å². The van der Waals surface area contributed by atoms with Gasteiger partial charge in [-0.1, -0.05) is 13.8 Å². The molecular formula is C18H15F6N5. The van der Waals surface area contributed by atoms with Gasteiger partial charge in [-0.3, -0.25) is 0 Å². The summed E-state index contributed by atoms with van der Waals surface area (Å²) in [5, 5.41) is 12.4. The number of allylic oxidation sites excluding steroid dienone is 1. The van der Waals surface area contributed by atoms with Gasteiger partial charge < -0.3 is 15.6 Å². The number of imidazole rings is 1. The third kappa shape index (κ3) is 3.08. The zero-order chi connectivity index (χ0) is 21.8. The number of hydrogen-bond acceptors (Lipinski definition) is 4. The molecule has 1 unspecified atom stereocenters. The number of nitrogens with two attached hydrogens (primary N) is 1. The average Bonchev–Trinajstić information content (AvgIpc) is 3.06. The van der Waals surface area contributed by atoms with E-state index in [9.17, 15) is 31.6 Å².